The van der Waals surface area contributed by atoms with Gasteiger partial charge in [0.05, 0.1) is 25.5 Å². The summed E-state index contributed by atoms with van der Waals surface area (Å²) in [5, 5.41) is 7.47. The molecule has 0 bridgehead atoms. The van der Waals surface area contributed by atoms with Gasteiger partial charge in [-0.15, -0.1) is 0 Å². The minimum absolute atomic E-state index is 0.201. The number of aromatic nitrogens is 3. The van der Waals surface area contributed by atoms with Crippen molar-refractivity contribution in [2.75, 3.05) is 26.9 Å². The van der Waals surface area contributed by atoms with Gasteiger partial charge >= 0.3 is 0 Å². The van der Waals surface area contributed by atoms with Gasteiger partial charge in [-0.05, 0) is 31.0 Å². The topological polar surface area (TPSA) is 78.3 Å². The molecule has 1 amide bonds. The van der Waals surface area contributed by atoms with Crippen molar-refractivity contribution in [2.24, 2.45) is 0 Å². The number of methoxy groups -OCH3 is 1. The lowest BCUT2D eigenvalue weighted by atomic mass is 10.1. The van der Waals surface area contributed by atoms with E-state index in [1.54, 1.807) is 13.2 Å². The highest BCUT2D eigenvalue weighted by Gasteiger charge is 2.25. The van der Waals surface area contributed by atoms with Crippen molar-refractivity contribution >= 4 is 5.91 Å². The molecule has 7 nitrogen and oxygen atoms in total. The van der Waals surface area contributed by atoms with Crippen LogP contribution in [0.1, 0.15) is 33.5 Å². The average molecular weight is 330 g/mol. The number of pyridine rings is 1. The van der Waals surface area contributed by atoms with Crippen LogP contribution in [0.15, 0.2) is 24.4 Å². The lowest BCUT2D eigenvalue weighted by Gasteiger charge is -2.22. The Kier molecular flexibility index (Phi) is 5.22. The zero-order chi connectivity index (χ0) is 16.9. The summed E-state index contributed by atoms with van der Waals surface area (Å²) < 4.78 is 12.8. The summed E-state index contributed by atoms with van der Waals surface area (Å²) in [4.78, 5) is 16.5. The molecule has 7 heteroatoms. The third kappa shape index (κ3) is 3.80. The first-order valence-electron chi connectivity index (χ1n) is 8.06. The van der Waals surface area contributed by atoms with Gasteiger partial charge in [0, 0.05) is 25.5 Å². The van der Waals surface area contributed by atoms with Gasteiger partial charge in [0.15, 0.2) is 0 Å². The zero-order valence-electron chi connectivity index (χ0n) is 14.0. The summed E-state index contributed by atoms with van der Waals surface area (Å²) in [6.45, 7) is 4.19. The predicted octanol–water partition coefficient (Wildman–Crippen LogP) is 1.28. The van der Waals surface area contributed by atoms with E-state index < -0.39 is 0 Å². The summed E-state index contributed by atoms with van der Waals surface area (Å²) in [7, 11) is 1.67. The predicted molar refractivity (Wildman–Crippen MR) is 87.8 cm³/mol. The van der Waals surface area contributed by atoms with Crippen LogP contribution in [0.2, 0.25) is 0 Å². The zero-order valence-corrected chi connectivity index (χ0v) is 14.0. The summed E-state index contributed by atoms with van der Waals surface area (Å²) in [6, 6.07) is 5.39. The van der Waals surface area contributed by atoms with Crippen LogP contribution in [0, 0.1) is 6.92 Å². The van der Waals surface area contributed by atoms with Gasteiger partial charge in [-0.25, -0.2) is 4.98 Å². The Balaban J connectivity index is 1.64. The van der Waals surface area contributed by atoms with Gasteiger partial charge < -0.3 is 14.8 Å². The second-order valence-corrected chi connectivity index (χ2v) is 5.78. The molecule has 0 saturated carbocycles. The molecular formula is C17H22N4O3. The molecule has 3 rings (SSSR count). The van der Waals surface area contributed by atoms with Crippen molar-refractivity contribution in [3.63, 3.8) is 0 Å². The fourth-order valence-electron chi connectivity index (χ4n) is 2.73. The molecule has 0 saturated heterocycles. The third-order valence-corrected chi connectivity index (χ3v) is 3.96. The molecule has 0 unspecified atom stereocenters. The van der Waals surface area contributed by atoms with E-state index in [2.05, 4.69) is 15.4 Å². The number of amides is 1. The van der Waals surface area contributed by atoms with Crippen molar-refractivity contribution in [1.29, 1.82) is 0 Å². The molecule has 1 aliphatic rings. The van der Waals surface area contributed by atoms with Crippen LogP contribution in [0.3, 0.4) is 0 Å². The maximum absolute atomic E-state index is 12.2. The number of carbonyl (C=O) groups is 1. The molecule has 24 heavy (non-hydrogen) atoms. The summed E-state index contributed by atoms with van der Waals surface area (Å²) in [5.74, 6) is -0.201. The molecule has 0 aromatic carbocycles. The van der Waals surface area contributed by atoms with E-state index in [1.165, 1.54) is 5.56 Å². The van der Waals surface area contributed by atoms with E-state index in [0.717, 1.165) is 17.8 Å². The van der Waals surface area contributed by atoms with Gasteiger partial charge in [-0.1, -0.05) is 6.07 Å². The van der Waals surface area contributed by atoms with E-state index >= 15 is 0 Å². The van der Waals surface area contributed by atoms with E-state index in [0.29, 0.717) is 32.0 Å². The second kappa shape index (κ2) is 7.55. The first-order chi connectivity index (χ1) is 11.7. The number of fused-ring (bicyclic) bond motifs is 1. The van der Waals surface area contributed by atoms with Crippen molar-refractivity contribution < 1.29 is 14.3 Å². The van der Waals surface area contributed by atoms with Crippen molar-refractivity contribution in [1.82, 2.24) is 20.1 Å². The van der Waals surface area contributed by atoms with Crippen LogP contribution in [0.4, 0.5) is 0 Å². The molecule has 3 heterocycles. The van der Waals surface area contributed by atoms with Gasteiger partial charge in [0.25, 0.3) is 5.91 Å². The van der Waals surface area contributed by atoms with Crippen molar-refractivity contribution in [3.8, 4) is 0 Å². The second-order valence-electron chi connectivity index (χ2n) is 5.78. The third-order valence-electron chi connectivity index (χ3n) is 3.96. The summed E-state index contributed by atoms with van der Waals surface area (Å²) in [5.41, 5.74) is 3.30. The Labute approximate surface area is 141 Å². The molecule has 0 radical (unpaired) electrons. The van der Waals surface area contributed by atoms with Gasteiger partial charge in [0.1, 0.15) is 11.8 Å². The summed E-state index contributed by atoms with van der Waals surface area (Å²) >= 11 is 0. The highest BCUT2D eigenvalue weighted by atomic mass is 16.5. The Morgan fingerprint density at radius 3 is 3.17 bits per heavy atom. The molecule has 0 fully saturated rings. The average Bonchev–Trinajstić information content (AvgIpc) is 3.01. The van der Waals surface area contributed by atoms with Crippen LogP contribution < -0.4 is 5.32 Å². The summed E-state index contributed by atoms with van der Waals surface area (Å²) in [6.07, 6.45) is 2.64. The van der Waals surface area contributed by atoms with Crippen molar-refractivity contribution in [2.45, 2.75) is 26.0 Å². The normalized spacial score (nSPS) is 16.7. The van der Waals surface area contributed by atoms with Crippen LogP contribution in [0.25, 0.3) is 0 Å². The number of ether oxygens (including phenoxy) is 2. The lowest BCUT2D eigenvalue weighted by molar-refractivity contribution is 0.0382. The fourth-order valence-corrected chi connectivity index (χ4v) is 2.73. The molecule has 1 N–H and O–H groups in total. The Hall–Kier alpha value is -2.25. The minimum Gasteiger partial charge on any atom is -0.383 e. The molecule has 2 aromatic rings. The standard InChI is InChI=1S/C17H22N4O3/c1-12-4-3-5-14(19-12)17(22)18-10-15-16-13(6-8-24-15)11-21(20-16)7-9-23-2/h3-5,11,15H,6-10H2,1-2H3,(H,18,22)/t15-/m0/s1. The monoisotopic (exact) mass is 330 g/mol. The molecule has 2 aromatic heterocycles. The maximum atomic E-state index is 12.2. The molecule has 1 atom stereocenters. The molecule has 0 spiro atoms. The number of carbonyl (C=O) groups excluding carboxylic acids is 1. The number of nitrogens with one attached hydrogen (secondary N) is 1. The van der Waals surface area contributed by atoms with Crippen LogP contribution in [-0.4, -0.2) is 47.5 Å². The number of aryl methyl sites for hydroxylation is 1. The Bertz CT molecular complexity index is 714. The van der Waals surface area contributed by atoms with Gasteiger partial charge in [0.2, 0.25) is 0 Å². The maximum Gasteiger partial charge on any atom is 0.269 e. The first kappa shape index (κ1) is 16.6. The molecule has 128 valence electrons. The van der Waals surface area contributed by atoms with Gasteiger partial charge in [-0.3, -0.25) is 9.48 Å². The van der Waals surface area contributed by atoms with Crippen LogP contribution >= 0.6 is 0 Å². The quantitative estimate of drug-likeness (QED) is 0.863. The van der Waals surface area contributed by atoms with E-state index in [-0.39, 0.29) is 12.0 Å². The van der Waals surface area contributed by atoms with E-state index in [4.69, 9.17) is 9.47 Å². The van der Waals surface area contributed by atoms with E-state index in [1.807, 2.05) is 29.9 Å². The number of rotatable bonds is 6. The SMILES string of the molecule is COCCn1cc2c(n1)[C@H](CNC(=O)c1cccc(C)n1)OCC2. The lowest BCUT2D eigenvalue weighted by Crippen LogP contribution is -2.32. The molecular weight excluding hydrogens is 308 g/mol. The first-order valence-corrected chi connectivity index (χ1v) is 8.06. The smallest absolute Gasteiger partial charge is 0.269 e. The highest BCUT2D eigenvalue weighted by Crippen LogP contribution is 2.25. The highest BCUT2D eigenvalue weighted by molar-refractivity contribution is 5.92. The number of hydrogen-bond acceptors (Lipinski definition) is 5. The van der Waals surface area contributed by atoms with Gasteiger partial charge in [-0.2, -0.15) is 5.10 Å². The molecule has 1 aliphatic heterocycles. The largest absolute Gasteiger partial charge is 0.383 e. The number of hydrogen-bond donors (Lipinski definition) is 1. The Morgan fingerprint density at radius 2 is 2.38 bits per heavy atom. The number of nitrogens with zero attached hydrogens (tertiary/aromatic N) is 3. The Morgan fingerprint density at radius 1 is 1.50 bits per heavy atom. The van der Waals surface area contributed by atoms with Crippen LogP contribution in [-0.2, 0) is 22.4 Å². The van der Waals surface area contributed by atoms with Crippen molar-refractivity contribution in [3.05, 3.63) is 47.0 Å². The minimum atomic E-state index is -0.230. The van der Waals surface area contributed by atoms with E-state index in [9.17, 15) is 4.79 Å². The van der Waals surface area contributed by atoms with Crippen LogP contribution in [0.5, 0.6) is 0 Å². The molecule has 0 aliphatic carbocycles. The fraction of sp³-hybridized carbons (Fsp3) is 0.471.